The highest BCUT2D eigenvalue weighted by Crippen LogP contribution is 2.28. The van der Waals surface area contributed by atoms with E-state index in [1.165, 1.54) is 11.8 Å². The lowest BCUT2D eigenvalue weighted by Crippen LogP contribution is -2.15. The Morgan fingerprint density at radius 2 is 1.89 bits per heavy atom. The van der Waals surface area contributed by atoms with Gasteiger partial charge in [0.1, 0.15) is 5.75 Å². The number of hydrogen-bond acceptors (Lipinski definition) is 9. The van der Waals surface area contributed by atoms with E-state index in [1.807, 2.05) is 41.8 Å². The summed E-state index contributed by atoms with van der Waals surface area (Å²) in [5, 5.41) is 14.4. The van der Waals surface area contributed by atoms with Crippen molar-refractivity contribution < 1.29 is 19.1 Å². The first kappa shape index (κ1) is 25.7. The second-order valence-electron chi connectivity index (χ2n) is 7.32. The van der Waals surface area contributed by atoms with E-state index < -0.39 is 12.1 Å². The number of ether oxygens (including phenoxy) is 2. The van der Waals surface area contributed by atoms with Gasteiger partial charge in [-0.2, -0.15) is 0 Å². The van der Waals surface area contributed by atoms with Crippen LogP contribution in [0.3, 0.4) is 0 Å². The number of para-hydroxylation sites is 1. The number of benzene rings is 2. The second kappa shape index (κ2) is 12.0. The van der Waals surface area contributed by atoms with Gasteiger partial charge in [0, 0.05) is 16.1 Å². The number of esters is 1. The van der Waals surface area contributed by atoms with Gasteiger partial charge in [-0.15, -0.1) is 21.5 Å². The minimum Gasteiger partial charge on any atom is -0.483 e. The summed E-state index contributed by atoms with van der Waals surface area (Å²) >= 11 is 8.35. The molecule has 9 nitrogen and oxygen atoms in total. The van der Waals surface area contributed by atoms with Crippen LogP contribution in [0.5, 0.6) is 5.75 Å². The molecule has 1 amide bonds. The van der Waals surface area contributed by atoms with E-state index in [0.717, 1.165) is 17.0 Å². The number of nitrogens with zero attached hydrogens (tertiary/aromatic N) is 4. The number of aromatic nitrogens is 4. The number of thiazole rings is 1. The van der Waals surface area contributed by atoms with Crippen LogP contribution in [0.15, 0.2) is 65.1 Å². The van der Waals surface area contributed by atoms with Crippen molar-refractivity contribution in [2.75, 3.05) is 17.7 Å². The number of rotatable bonds is 10. The van der Waals surface area contributed by atoms with Crippen LogP contribution in [0.2, 0.25) is 5.02 Å². The highest BCUT2D eigenvalue weighted by molar-refractivity contribution is 7.99. The Labute approximate surface area is 220 Å². The molecule has 4 aromatic rings. The first-order valence-electron chi connectivity index (χ1n) is 10.9. The second-order valence-corrected chi connectivity index (χ2v) is 9.56. The predicted octanol–water partition coefficient (Wildman–Crippen LogP) is 5.42. The van der Waals surface area contributed by atoms with Gasteiger partial charge < -0.3 is 14.8 Å². The normalized spacial score (nSPS) is 11.6. The van der Waals surface area contributed by atoms with Crippen molar-refractivity contribution >= 4 is 51.7 Å². The Morgan fingerprint density at radius 1 is 1.14 bits per heavy atom. The Bertz CT molecular complexity index is 1330. The molecule has 0 radical (unpaired) electrons. The number of carbonyl (C=O) groups is 2. The van der Waals surface area contributed by atoms with Gasteiger partial charge in [0.2, 0.25) is 5.91 Å². The maximum Gasteiger partial charge on any atom is 0.357 e. The number of amides is 1. The number of carbonyl (C=O) groups excluding carboxylic acids is 2. The number of thioether (sulfide) groups is 1. The quantitative estimate of drug-likeness (QED) is 0.208. The summed E-state index contributed by atoms with van der Waals surface area (Å²) in [6.07, 6.45) is -0.432. The van der Waals surface area contributed by atoms with Gasteiger partial charge in [0.25, 0.3) is 0 Å². The Morgan fingerprint density at radius 3 is 2.61 bits per heavy atom. The molecule has 4 rings (SSSR count). The van der Waals surface area contributed by atoms with Crippen molar-refractivity contribution in [3.63, 3.8) is 0 Å². The van der Waals surface area contributed by atoms with E-state index in [-0.39, 0.29) is 24.0 Å². The zero-order valence-corrected chi connectivity index (χ0v) is 21.8. The molecule has 0 saturated heterocycles. The van der Waals surface area contributed by atoms with Crippen LogP contribution in [-0.4, -0.2) is 44.0 Å². The third kappa shape index (κ3) is 6.42. The minimum absolute atomic E-state index is 0.0612. The lowest BCUT2D eigenvalue weighted by Gasteiger charge is -2.16. The van der Waals surface area contributed by atoms with Crippen molar-refractivity contribution in [1.29, 1.82) is 0 Å². The van der Waals surface area contributed by atoms with Crippen molar-refractivity contribution in [2.24, 2.45) is 0 Å². The lowest BCUT2D eigenvalue weighted by atomic mass is 10.3. The topological polar surface area (TPSA) is 108 Å². The van der Waals surface area contributed by atoms with Crippen LogP contribution in [0, 0.1) is 0 Å². The maximum atomic E-state index is 12.6. The number of anilines is 1. The van der Waals surface area contributed by atoms with Gasteiger partial charge in [-0.1, -0.05) is 41.6 Å². The number of halogens is 1. The van der Waals surface area contributed by atoms with Crippen LogP contribution in [0.4, 0.5) is 5.13 Å². The highest BCUT2D eigenvalue weighted by Gasteiger charge is 2.22. The van der Waals surface area contributed by atoms with Crippen LogP contribution in [0.1, 0.15) is 36.3 Å². The van der Waals surface area contributed by atoms with Gasteiger partial charge in [0.15, 0.2) is 27.9 Å². The molecular weight excluding hydrogens is 522 g/mol. The molecule has 0 spiro atoms. The number of nitrogens with one attached hydrogen (secondary N) is 1. The third-order valence-corrected chi connectivity index (χ3v) is 6.67. The maximum absolute atomic E-state index is 12.6. The molecule has 0 bridgehead atoms. The fourth-order valence-corrected chi connectivity index (χ4v) is 4.72. The van der Waals surface area contributed by atoms with Crippen LogP contribution < -0.4 is 10.1 Å². The van der Waals surface area contributed by atoms with Crippen LogP contribution in [0.25, 0.3) is 5.69 Å². The molecule has 0 fully saturated rings. The van der Waals surface area contributed by atoms with Gasteiger partial charge in [-0.3, -0.25) is 9.36 Å². The van der Waals surface area contributed by atoms with Crippen molar-refractivity contribution in [2.45, 2.75) is 25.1 Å². The monoisotopic (exact) mass is 543 g/mol. The van der Waals surface area contributed by atoms with E-state index in [4.69, 9.17) is 21.1 Å². The molecule has 0 aliphatic carbocycles. The predicted molar refractivity (Wildman–Crippen MR) is 139 cm³/mol. The summed E-state index contributed by atoms with van der Waals surface area (Å²) in [5.74, 6) is 0.472. The average molecular weight is 544 g/mol. The lowest BCUT2D eigenvalue weighted by molar-refractivity contribution is -0.113. The highest BCUT2D eigenvalue weighted by atomic mass is 35.5. The summed E-state index contributed by atoms with van der Waals surface area (Å²) in [6, 6.07) is 16.7. The smallest absolute Gasteiger partial charge is 0.357 e. The molecule has 0 saturated carbocycles. The Hall–Kier alpha value is -3.41. The molecule has 2 aromatic heterocycles. The molecule has 2 aromatic carbocycles. The Balaban J connectivity index is 1.48. The first-order chi connectivity index (χ1) is 17.4. The fraction of sp³-hybridized carbons (Fsp3) is 0.208. The van der Waals surface area contributed by atoms with E-state index in [1.54, 1.807) is 36.6 Å². The summed E-state index contributed by atoms with van der Waals surface area (Å²) in [5.41, 5.74) is 0.999. The molecule has 186 valence electrons. The Kier molecular flexibility index (Phi) is 8.57. The van der Waals surface area contributed by atoms with Crippen molar-refractivity contribution in [1.82, 2.24) is 19.7 Å². The summed E-state index contributed by atoms with van der Waals surface area (Å²) in [7, 11) is 0. The molecule has 0 unspecified atom stereocenters. The molecule has 12 heteroatoms. The fourth-order valence-electron chi connectivity index (χ4n) is 3.14. The molecule has 2 heterocycles. The first-order valence-corrected chi connectivity index (χ1v) is 13.2. The number of hydrogen-bond donors (Lipinski definition) is 1. The van der Waals surface area contributed by atoms with Gasteiger partial charge in [0.05, 0.1) is 12.4 Å². The zero-order chi connectivity index (χ0) is 25.5. The molecule has 1 N–H and O–H groups in total. The van der Waals surface area contributed by atoms with Gasteiger partial charge >= 0.3 is 5.97 Å². The molecule has 1 atom stereocenters. The van der Waals surface area contributed by atoms with E-state index in [0.29, 0.717) is 26.9 Å². The average Bonchev–Trinajstić information content (AvgIpc) is 3.52. The third-order valence-electron chi connectivity index (χ3n) is 4.73. The van der Waals surface area contributed by atoms with E-state index in [9.17, 15) is 9.59 Å². The van der Waals surface area contributed by atoms with Gasteiger partial charge in [-0.25, -0.2) is 9.78 Å². The molecular formula is C24H22ClN5O4S2. The van der Waals surface area contributed by atoms with Crippen molar-refractivity contribution in [3.05, 3.63) is 76.5 Å². The zero-order valence-electron chi connectivity index (χ0n) is 19.4. The van der Waals surface area contributed by atoms with Crippen LogP contribution >= 0.6 is 34.7 Å². The standard InChI is InChI=1S/C24H22ClN5O4S2/c1-3-33-22(32)19-13-35-23(26-19)27-20(31)14-36-24-29-28-21(30(24)17-7-5-4-6-8-17)15(2)34-18-11-9-16(25)10-12-18/h4-13,15H,3,14H2,1-2H3,(H,26,27,31)/t15-/m1/s1. The molecule has 0 aliphatic heterocycles. The SMILES string of the molecule is CCOC(=O)c1csc(NC(=O)CSc2nnc([C@@H](C)Oc3ccc(Cl)cc3)n2-c2ccccc2)n1. The minimum atomic E-state index is -0.526. The largest absolute Gasteiger partial charge is 0.483 e. The van der Waals surface area contributed by atoms with E-state index in [2.05, 4.69) is 20.5 Å². The summed E-state index contributed by atoms with van der Waals surface area (Å²) in [4.78, 5) is 28.5. The van der Waals surface area contributed by atoms with E-state index >= 15 is 0 Å². The van der Waals surface area contributed by atoms with Crippen molar-refractivity contribution in [3.8, 4) is 11.4 Å². The van der Waals surface area contributed by atoms with Crippen LogP contribution in [-0.2, 0) is 9.53 Å². The van der Waals surface area contributed by atoms with Gasteiger partial charge in [-0.05, 0) is 50.2 Å². The summed E-state index contributed by atoms with van der Waals surface area (Å²) in [6.45, 7) is 3.85. The molecule has 0 aliphatic rings. The molecule has 36 heavy (non-hydrogen) atoms. The summed E-state index contributed by atoms with van der Waals surface area (Å²) < 4.78 is 12.8.